The van der Waals surface area contributed by atoms with E-state index in [0.717, 1.165) is 33.4 Å². The molecule has 0 atom stereocenters. The van der Waals surface area contributed by atoms with Crippen molar-refractivity contribution in [3.63, 3.8) is 0 Å². The molecule has 2 aromatic rings. The Hall–Kier alpha value is -1.69. The lowest BCUT2D eigenvalue weighted by molar-refractivity contribution is 0.184. The van der Waals surface area contributed by atoms with Gasteiger partial charge in [0.05, 0.1) is 11.5 Å². The lowest BCUT2D eigenvalue weighted by Crippen LogP contribution is -2.26. The van der Waals surface area contributed by atoms with Crippen LogP contribution >= 0.6 is 0 Å². The van der Waals surface area contributed by atoms with Crippen molar-refractivity contribution < 1.29 is 13.2 Å². The first-order chi connectivity index (χ1) is 11.3. The highest BCUT2D eigenvalue weighted by molar-refractivity contribution is 7.89. The molecule has 0 aliphatic heterocycles. The van der Waals surface area contributed by atoms with Crippen LogP contribution in [0.2, 0.25) is 0 Å². The Morgan fingerprint density at radius 1 is 0.958 bits per heavy atom. The van der Waals surface area contributed by atoms with E-state index in [1.165, 1.54) is 0 Å². The Morgan fingerprint density at radius 2 is 1.50 bits per heavy atom. The smallest absolute Gasteiger partial charge is 0.241 e. The maximum atomic E-state index is 12.9. The summed E-state index contributed by atoms with van der Waals surface area (Å²) in [6, 6.07) is 9.71. The molecule has 4 nitrogen and oxygen atoms in total. The fourth-order valence-electron chi connectivity index (χ4n) is 2.85. The summed E-state index contributed by atoms with van der Waals surface area (Å²) in [6.07, 6.45) is 0. The molecule has 0 saturated carbocycles. The van der Waals surface area contributed by atoms with E-state index in [1.807, 2.05) is 58.0 Å². The van der Waals surface area contributed by atoms with Crippen LogP contribution in [-0.2, 0) is 27.9 Å². The number of methoxy groups -OCH3 is 1. The van der Waals surface area contributed by atoms with Crippen LogP contribution in [0.15, 0.2) is 35.2 Å². The molecule has 0 heterocycles. The maximum Gasteiger partial charge on any atom is 0.241 e. The molecule has 2 aromatic carbocycles. The Kier molecular flexibility index (Phi) is 5.80. The quantitative estimate of drug-likeness (QED) is 0.869. The van der Waals surface area contributed by atoms with Gasteiger partial charge in [0.2, 0.25) is 10.0 Å². The zero-order valence-electron chi connectivity index (χ0n) is 14.9. The van der Waals surface area contributed by atoms with Gasteiger partial charge in [-0.25, -0.2) is 13.1 Å². The second-order valence-corrected chi connectivity index (χ2v) is 7.82. The highest BCUT2D eigenvalue weighted by Crippen LogP contribution is 2.26. The third kappa shape index (κ3) is 3.86. The van der Waals surface area contributed by atoms with E-state index in [4.69, 9.17) is 4.74 Å². The predicted octanol–water partition coefficient (Wildman–Crippen LogP) is 3.55. The number of nitrogens with one attached hydrogen (secondary N) is 1. The predicted molar refractivity (Wildman–Crippen MR) is 96.6 cm³/mol. The number of ether oxygens (including phenoxy) is 1. The van der Waals surface area contributed by atoms with Gasteiger partial charge in [0, 0.05) is 13.7 Å². The summed E-state index contributed by atoms with van der Waals surface area (Å²) in [4.78, 5) is 0.393. The minimum Gasteiger partial charge on any atom is -0.380 e. The van der Waals surface area contributed by atoms with Crippen LogP contribution in [0.4, 0.5) is 0 Å². The van der Waals surface area contributed by atoms with Crippen molar-refractivity contribution >= 4 is 10.0 Å². The van der Waals surface area contributed by atoms with Gasteiger partial charge in [-0.15, -0.1) is 0 Å². The first kappa shape index (κ1) is 18.6. The Morgan fingerprint density at radius 3 is 2.04 bits per heavy atom. The average Bonchev–Trinajstić information content (AvgIpc) is 2.52. The average molecular weight is 347 g/mol. The fourth-order valence-corrected chi connectivity index (χ4v) is 4.47. The topological polar surface area (TPSA) is 55.4 Å². The van der Waals surface area contributed by atoms with Gasteiger partial charge in [-0.3, -0.25) is 0 Å². The van der Waals surface area contributed by atoms with Crippen LogP contribution in [-0.4, -0.2) is 15.5 Å². The Bertz CT molecular complexity index is 816. The van der Waals surface area contributed by atoms with Crippen LogP contribution < -0.4 is 4.72 Å². The molecule has 0 amide bonds. The minimum atomic E-state index is -3.59. The van der Waals surface area contributed by atoms with Gasteiger partial charge >= 0.3 is 0 Å². The molecule has 0 aromatic heterocycles. The molecule has 0 fully saturated rings. The summed E-state index contributed by atoms with van der Waals surface area (Å²) in [6.45, 7) is 8.29. The van der Waals surface area contributed by atoms with E-state index in [-0.39, 0.29) is 6.54 Å². The largest absolute Gasteiger partial charge is 0.380 e. The van der Waals surface area contributed by atoms with Gasteiger partial charge < -0.3 is 4.74 Å². The lowest BCUT2D eigenvalue weighted by atomic mass is 10.0. The molecule has 0 aliphatic carbocycles. The number of sulfonamides is 1. The van der Waals surface area contributed by atoms with E-state index in [9.17, 15) is 8.42 Å². The molecule has 130 valence electrons. The second-order valence-electron chi connectivity index (χ2n) is 6.12. The van der Waals surface area contributed by atoms with E-state index >= 15 is 0 Å². The zero-order valence-corrected chi connectivity index (χ0v) is 15.8. The van der Waals surface area contributed by atoms with Crippen LogP contribution in [0.25, 0.3) is 0 Å². The van der Waals surface area contributed by atoms with E-state index < -0.39 is 10.0 Å². The molecule has 0 saturated heterocycles. The Labute approximate surface area is 144 Å². The molecule has 0 spiro atoms. The van der Waals surface area contributed by atoms with Crippen LogP contribution in [0.1, 0.15) is 33.4 Å². The van der Waals surface area contributed by atoms with Gasteiger partial charge in [-0.1, -0.05) is 30.3 Å². The van der Waals surface area contributed by atoms with Crippen molar-refractivity contribution in [2.45, 2.75) is 45.7 Å². The molecule has 0 aliphatic rings. The van der Waals surface area contributed by atoms with Crippen LogP contribution in [0.3, 0.4) is 0 Å². The molecule has 0 radical (unpaired) electrons. The molecule has 5 heteroatoms. The van der Waals surface area contributed by atoms with Crippen LogP contribution in [0.5, 0.6) is 0 Å². The lowest BCUT2D eigenvalue weighted by Gasteiger charge is -2.17. The number of hydrogen-bond donors (Lipinski definition) is 1. The summed E-state index contributed by atoms with van der Waals surface area (Å²) in [7, 11) is -1.96. The molecule has 2 rings (SSSR count). The van der Waals surface area contributed by atoms with Gasteiger partial charge in [-0.05, 0) is 61.1 Å². The maximum absolute atomic E-state index is 12.9. The molecule has 0 bridgehead atoms. The van der Waals surface area contributed by atoms with Crippen molar-refractivity contribution in [3.05, 3.63) is 63.7 Å². The van der Waals surface area contributed by atoms with E-state index in [0.29, 0.717) is 11.5 Å². The first-order valence-electron chi connectivity index (χ1n) is 7.90. The van der Waals surface area contributed by atoms with E-state index in [1.54, 1.807) is 7.11 Å². The van der Waals surface area contributed by atoms with Gasteiger partial charge in [-0.2, -0.15) is 0 Å². The summed E-state index contributed by atoms with van der Waals surface area (Å²) in [5.74, 6) is 0. The SMILES string of the molecule is COCc1ccccc1CNS(=O)(=O)c1c(C)c(C)cc(C)c1C. The number of rotatable bonds is 6. The van der Waals surface area contributed by atoms with Gasteiger partial charge in [0.15, 0.2) is 0 Å². The number of hydrogen-bond acceptors (Lipinski definition) is 3. The third-order valence-corrected chi connectivity index (χ3v) is 6.11. The monoisotopic (exact) mass is 347 g/mol. The first-order valence-corrected chi connectivity index (χ1v) is 9.39. The van der Waals surface area contributed by atoms with Crippen molar-refractivity contribution in [2.24, 2.45) is 0 Å². The van der Waals surface area contributed by atoms with Gasteiger partial charge in [0.1, 0.15) is 0 Å². The minimum absolute atomic E-state index is 0.244. The van der Waals surface area contributed by atoms with Gasteiger partial charge in [0.25, 0.3) is 0 Å². The zero-order chi connectivity index (χ0) is 17.9. The molecular formula is C19H25NO3S. The molecular weight excluding hydrogens is 322 g/mol. The summed E-state index contributed by atoms with van der Waals surface area (Å²) >= 11 is 0. The highest BCUT2D eigenvalue weighted by atomic mass is 32.2. The number of benzene rings is 2. The molecule has 0 unspecified atom stereocenters. The summed E-state index contributed by atoms with van der Waals surface area (Å²) in [5.41, 5.74) is 5.47. The molecule has 24 heavy (non-hydrogen) atoms. The van der Waals surface area contributed by atoms with Crippen molar-refractivity contribution in [2.75, 3.05) is 7.11 Å². The number of aryl methyl sites for hydroxylation is 2. The summed E-state index contributed by atoms with van der Waals surface area (Å²) in [5, 5.41) is 0. The standard InChI is InChI=1S/C19H25NO3S/c1-13-10-14(2)16(4)19(15(13)3)24(21,22)20-11-17-8-6-7-9-18(17)12-23-5/h6-10,20H,11-12H2,1-5H3. The second kappa shape index (κ2) is 7.47. The van der Waals surface area contributed by atoms with Crippen LogP contribution in [0, 0.1) is 27.7 Å². The normalized spacial score (nSPS) is 11.7. The summed E-state index contributed by atoms with van der Waals surface area (Å²) < 4.78 is 33.7. The fraction of sp³-hybridized carbons (Fsp3) is 0.368. The van der Waals surface area contributed by atoms with E-state index in [2.05, 4.69) is 4.72 Å². The third-order valence-electron chi connectivity index (χ3n) is 4.44. The molecule has 1 N–H and O–H groups in total. The van der Waals surface area contributed by atoms with Crippen molar-refractivity contribution in [1.82, 2.24) is 4.72 Å². The Balaban J connectivity index is 2.34. The van der Waals surface area contributed by atoms with Crippen molar-refractivity contribution in [1.29, 1.82) is 0 Å². The van der Waals surface area contributed by atoms with Crippen molar-refractivity contribution in [3.8, 4) is 0 Å². The highest BCUT2D eigenvalue weighted by Gasteiger charge is 2.22.